The number of thiophene rings is 1. The van der Waals surface area contributed by atoms with Gasteiger partial charge in [-0.3, -0.25) is 9.36 Å². The zero-order chi connectivity index (χ0) is 24.5. The Balaban J connectivity index is 0.00000408. The minimum Gasteiger partial charge on any atom is -0.480 e. The van der Waals surface area contributed by atoms with Gasteiger partial charge in [0, 0.05) is 7.11 Å². The van der Waals surface area contributed by atoms with E-state index in [9.17, 15) is 24.3 Å². The summed E-state index contributed by atoms with van der Waals surface area (Å²) in [5, 5.41) is 9.85. The van der Waals surface area contributed by atoms with Crippen LogP contribution in [0.4, 0.5) is 0 Å². The van der Waals surface area contributed by atoms with Crippen molar-refractivity contribution in [1.29, 1.82) is 0 Å². The average molecular weight is 509 g/mol. The summed E-state index contributed by atoms with van der Waals surface area (Å²) in [4.78, 5) is 51.9. The molecule has 2 heterocycles. The minimum atomic E-state index is -1.82. The zero-order valence-electron chi connectivity index (χ0n) is 19.6. The maximum absolute atomic E-state index is 13.6. The van der Waals surface area contributed by atoms with Crippen LogP contribution in [0.25, 0.3) is 10.2 Å². The van der Waals surface area contributed by atoms with E-state index >= 15 is 0 Å². The van der Waals surface area contributed by atoms with Gasteiger partial charge in [0.1, 0.15) is 21.4 Å². The van der Waals surface area contributed by atoms with Gasteiger partial charge in [0.25, 0.3) is 5.56 Å². The van der Waals surface area contributed by atoms with Gasteiger partial charge in [-0.25, -0.2) is 19.0 Å². The lowest BCUT2D eigenvalue weighted by molar-refractivity contribution is -0.146. The Morgan fingerprint density at radius 1 is 1.18 bits per heavy atom. The van der Waals surface area contributed by atoms with Gasteiger partial charge in [0.2, 0.25) is 0 Å². The van der Waals surface area contributed by atoms with Crippen molar-refractivity contribution in [3.05, 3.63) is 67.2 Å². The molecule has 34 heavy (non-hydrogen) atoms. The van der Waals surface area contributed by atoms with E-state index in [1.165, 1.54) is 25.5 Å². The van der Waals surface area contributed by atoms with Crippen molar-refractivity contribution in [3.8, 4) is 0 Å². The molecule has 184 valence electrons. The number of benzene rings is 1. The van der Waals surface area contributed by atoms with Crippen LogP contribution >= 0.6 is 24.8 Å². The van der Waals surface area contributed by atoms with Gasteiger partial charge in [-0.05, 0) is 38.8 Å². The van der Waals surface area contributed by atoms with Gasteiger partial charge < -0.3 is 14.6 Å². The number of ether oxygens (including phenoxy) is 2. The summed E-state index contributed by atoms with van der Waals surface area (Å²) < 4.78 is 12.8. The summed E-state index contributed by atoms with van der Waals surface area (Å²) in [6, 6.07) is 9.21. The molecule has 0 radical (unpaired) electrons. The predicted molar refractivity (Wildman–Crippen MR) is 135 cm³/mol. The second kappa shape index (κ2) is 10.6. The SMILES string of the molecule is CCOC(=O)c1sc2c(c1C)c(=O)n(C(C)(C)C(=O)O)c(=O)n2C[C@@H](OC)c1ccccc1.S. The molecule has 0 spiro atoms. The first-order chi connectivity index (χ1) is 15.6. The van der Waals surface area contributed by atoms with Crippen LogP contribution in [-0.2, 0) is 26.4 Å². The Labute approximate surface area is 207 Å². The van der Waals surface area contributed by atoms with E-state index in [1.807, 2.05) is 30.3 Å². The monoisotopic (exact) mass is 508 g/mol. The van der Waals surface area contributed by atoms with Crippen LogP contribution in [-0.4, -0.2) is 39.9 Å². The molecule has 0 aliphatic rings. The summed E-state index contributed by atoms with van der Waals surface area (Å²) in [6.07, 6.45) is -0.556. The zero-order valence-corrected chi connectivity index (χ0v) is 21.4. The van der Waals surface area contributed by atoms with Crippen molar-refractivity contribution in [1.82, 2.24) is 9.13 Å². The molecule has 11 heteroatoms. The molecule has 3 aromatic rings. The number of esters is 1. The van der Waals surface area contributed by atoms with Crippen molar-refractivity contribution in [2.45, 2.75) is 45.9 Å². The fraction of sp³-hybridized carbons (Fsp3) is 0.391. The molecule has 0 aliphatic carbocycles. The number of rotatable bonds is 8. The quantitative estimate of drug-likeness (QED) is 0.465. The number of carbonyl (C=O) groups is 2. The Morgan fingerprint density at radius 3 is 2.32 bits per heavy atom. The van der Waals surface area contributed by atoms with Gasteiger partial charge >= 0.3 is 17.6 Å². The molecule has 3 rings (SSSR count). The number of carboxylic acids is 1. The van der Waals surface area contributed by atoms with Crippen molar-refractivity contribution < 1.29 is 24.2 Å². The van der Waals surface area contributed by atoms with Gasteiger partial charge in [0.15, 0.2) is 0 Å². The highest BCUT2D eigenvalue weighted by Gasteiger charge is 2.36. The van der Waals surface area contributed by atoms with Gasteiger partial charge in [-0.15, -0.1) is 11.3 Å². The summed E-state index contributed by atoms with van der Waals surface area (Å²) >= 11 is 0.974. The standard InChI is InChI=1S/C23H26N2O7S.H2S/c1-6-32-20(27)17-13(2)16-18(26)25(23(3,4)21(28)29)22(30)24(19(16)33-17)12-15(31-5)14-10-8-7-9-11-14;/h7-11,15H,6,12H2,1-5H3,(H,28,29);1H2/t15-;/m1./s1. The highest BCUT2D eigenvalue weighted by molar-refractivity contribution is 7.59. The van der Waals surface area contributed by atoms with E-state index in [-0.39, 0.29) is 41.7 Å². The smallest absolute Gasteiger partial charge is 0.348 e. The summed E-state index contributed by atoms with van der Waals surface area (Å²) in [7, 11) is 1.50. The van der Waals surface area contributed by atoms with Crippen LogP contribution in [0.2, 0.25) is 0 Å². The molecule has 0 saturated carbocycles. The Bertz CT molecular complexity index is 1320. The maximum Gasteiger partial charge on any atom is 0.348 e. The topological polar surface area (TPSA) is 117 Å². The van der Waals surface area contributed by atoms with E-state index in [0.717, 1.165) is 21.5 Å². The Hall–Kier alpha value is -2.89. The van der Waals surface area contributed by atoms with Crippen molar-refractivity contribution in [2.75, 3.05) is 13.7 Å². The molecule has 0 fully saturated rings. The van der Waals surface area contributed by atoms with Gasteiger partial charge in [0.05, 0.1) is 18.5 Å². The molecular weight excluding hydrogens is 480 g/mol. The Morgan fingerprint density at radius 2 is 1.79 bits per heavy atom. The van der Waals surface area contributed by atoms with Crippen LogP contribution in [0.3, 0.4) is 0 Å². The average Bonchev–Trinajstić information content (AvgIpc) is 3.12. The van der Waals surface area contributed by atoms with E-state index in [2.05, 4.69) is 0 Å². The van der Waals surface area contributed by atoms with E-state index in [0.29, 0.717) is 5.56 Å². The first-order valence-corrected chi connectivity index (χ1v) is 11.2. The largest absolute Gasteiger partial charge is 0.480 e. The van der Waals surface area contributed by atoms with Crippen LogP contribution in [0.5, 0.6) is 0 Å². The van der Waals surface area contributed by atoms with Crippen LogP contribution < -0.4 is 11.2 Å². The van der Waals surface area contributed by atoms with Crippen LogP contribution in [0, 0.1) is 6.92 Å². The lowest BCUT2D eigenvalue weighted by Gasteiger charge is -2.24. The first kappa shape index (κ1) is 27.4. The molecule has 0 bridgehead atoms. The molecule has 9 nitrogen and oxygen atoms in total. The first-order valence-electron chi connectivity index (χ1n) is 10.3. The number of aromatic nitrogens is 2. The van der Waals surface area contributed by atoms with E-state index in [4.69, 9.17) is 9.47 Å². The molecule has 0 aliphatic heterocycles. The molecular formula is C23H28N2O7S2. The minimum absolute atomic E-state index is 0. The maximum atomic E-state index is 13.6. The number of fused-ring (bicyclic) bond motifs is 1. The van der Waals surface area contributed by atoms with Gasteiger partial charge in [-0.2, -0.15) is 13.5 Å². The van der Waals surface area contributed by atoms with Crippen LogP contribution in [0.1, 0.15) is 47.7 Å². The number of hydrogen-bond acceptors (Lipinski definition) is 7. The third kappa shape index (κ3) is 4.68. The molecule has 0 unspecified atom stereocenters. The number of nitrogens with zero attached hydrogens (tertiary/aromatic N) is 2. The number of carboxylic acid groups (broad SMARTS) is 1. The van der Waals surface area contributed by atoms with Crippen LogP contribution in [0.15, 0.2) is 39.9 Å². The number of carbonyl (C=O) groups excluding carboxylic acids is 1. The fourth-order valence-electron chi connectivity index (χ4n) is 3.64. The number of methoxy groups -OCH3 is 1. The number of aliphatic carboxylic acids is 1. The third-order valence-electron chi connectivity index (χ3n) is 5.56. The molecule has 1 atom stereocenters. The number of hydrogen-bond donors (Lipinski definition) is 1. The van der Waals surface area contributed by atoms with Crippen molar-refractivity contribution in [3.63, 3.8) is 0 Å². The normalized spacial score (nSPS) is 12.3. The Kier molecular flexibility index (Phi) is 8.51. The van der Waals surface area contributed by atoms with E-state index < -0.39 is 34.8 Å². The van der Waals surface area contributed by atoms with E-state index in [1.54, 1.807) is 13.8 Å². The molecule has 1 N–H and O–H groups in total. The van der Waals surface area contributed by atoms with Crippen molar-refractivity contribution in [2.24, 2.45) is 0 Å². The highest BCUT2D eigenvalue weighted by Crippen LogP contribution is 2.30. The highest BCUT2D eigenvalue weighted by atomic mass is 32.1. The lowest BCUT2D eigenvalue weighted by Crippen LogP contribution is -2.52. The number of aryl methyl sites for hydroxylation is 1. The lowest BCUT2D eigenvalue weighted by atomic mass is 10.1. The molecule has 0 amide bonds. The predicted octanol–water partition coefficient (Wildman–Crippen LogP) is 3.03. The fourth-order valence-corrected chi connectivity index (χ4v) is 4.83. The molecule has 1 aromatic carbocycles. The second-order valence-electron chi connectivity index (χ2n) is 7.99. The molecule has 0 saturated heterocycles. The second-order valence-corrected chi connectivity index (χ2v) is 8.99. The molecule has 2 aromatic heterocycles. The third-order valence-corrected chi connectivity index (χ3v) is 6.85. The summed E-state index contributed by atoms with van der Waals surface area (Å²) in [5.74, 6) is -1.94. The summed E-state index contributed by atoms with van der Waals surface area (Å²) in [5.41, 5.74) is -2.24. The summed E-state index contributed by atoms with van der Waals surface area (Å²) in [6.45, 7) is 5.98. The van der Waals surface area contributed by atoms with Gasteiger partial charge in [-0.1, -0.05) is 30.3 Å². The van der Waals surface area contributed by atoms with Crippen molar-refractivity contribution >= 4 is 47.0 Å².